The molecule has 0 aliphatic heterocycles. The first-order valence-corrected chi connectivity index (χ1v) is 4.27. The summed E-state index contributed by atoms with van der Waals surface area (Å²) in [4.78, 5) is 9.93. The van der Waals surface area contributed by atoms with E-state index in [0.29, 0.717) is 0 Å². The van der Waals surface area contributed by atoms with Crippen molar-refractivity contribution in [1.29, 1.82) is 0 Å². The van der Waals surface area contributed by atoms with Crippen molar-refractivity contribution in [2.45, 2.75) is 0 Å². The van der Waals surface area contributed by atoms with Crippen LogP contribution in [0.15, 0.2) is 34.7 Å². The van der Waals surface area contributed by atoms with Gasteiger partial charge in [-0.3, -0.25) is 0 Å². The Labute approximate surface area is 76.6 Å². The summed E-state index contributed by atoms with van der Waals surface area (Å²) in [5, 5.41) is 15.7. The van der Waals surface area contributed by atoms with Crippen molar-refractivity contribution in [2.75, 3.05) is 0 Å². The molecule has 0 saturated heterocycles. The summed E-state index contributed by atoms with van der Waals surface area (Å²) < 4.78 is 1.68. The Morgan fingerprint density at radius 2 is 2.15 bits per heavy atom. The number of nitroso groups, excluding NO2 is 1. The first kappa shape index (κ1) is 7.93. The average Bonchev–Trinajstić information content (AvgIpc) is 2.44. The first-order valence-electron chi connectivity index (χ1n) is 3.49. The van der Waals surface area contributed by atoms with Crippen LogP contribution in [-0.2, 0) is 0 Å². The van der Waals surface area contributed by atoms with E-state index < -0.39 is 0 Å². The van der Waals surface area contributed by atoms with Crippen molar-refractivity contribution < 1.29 is 5.21 Å². The van der Waals surface area contributed by atoms with Crippen molar-refractivity contribution in [1.82, 2.24) is 4.12 Å². The van der Waals surface area contributed by atoms with E-state index in [1.165, 1.54) is 0 Å². The molecule has 0 spiro atoms. The zero-order chi connectivity index (χ0) is 9.26. The molecule has 0 aliphatic carbocycles. The van der Waals surface area contributed by atoms with Gasteiger partial charge in [-0.15, -0.1) is 9.03 Å². The molecule has 13 heavy (non-hydrogen) atoms. The average molecular weight is 195 g/mol. The van der Waals surface area contributed by atoms with Crippen molar-refractivity contribution in [3.8, 4) is 0 Å². The van der Waals surface area contributed by atoms with E-state index in [-0.39, 0.29) is 5.49 Å². The van der Waals surface area contributed by atoms with E-state index in [1.54, 1.807) is 12.1 Å². The third-order valence-corrected chi connectivity index (χ3v) is 2.53. The molecule has 1 N–H and O–H groups in total. The quantitative estimate of drug-likeness (QED) is 0.426. The Bertz CT molecular complexity index is 514. The second-order valence-electron chi connectivity index (χ2n) is 2.37. The number of fused-ring (bicyclic) bond motifs is 1. The molecule has 0 aliphatic rings. The summed E-state index contributed by atoms with van der Waals surface area (Å²) in [5.74, 6) is 0. The van der Waals surface area contributed by atoms with E-state index in [0.717, 1.165) is 25.7 Å². The lowest BCUT2D eigenvalue weighted by Gasteiger charge is -1.82. The molecule has 1 aromatic heterocycles. The Morgan fingerprint density at radius 1 is 1.38 bits per heavy atom. The van der Waals surface area contributed by atoms with Gasteiger partial charge in [0.1, 0.15) is 0 Å². The maximum atomic E-state index is 9.93. The van der Waals surface area contributed by atoms with E-state index in [1.807, 2.05) is 12.1 Å². The van der Waals surface area contributed by atoms with Crippen LogP contribution in [0.25, 0.3) is 10.1 Å². The fourth-order valence-electron chi connectivity index (χ4n) is 1.10. The maximum Gasteiger partial charge on any atom is 0.214 e. The van der Waals surface area contributed by atoms with Crippen LogP contribution < -0.4 is 5.49 Å². The van der Waals surface area contributed by atoms with Gasteiger partial charge in [-0.25, -0.2) is 0 Å². The van der Waals surface area contributed by atoms with Gasteiger partial charge in [-0.2, -0.15) is 0 Å². The van der Waals surface area contributed by atoms with Crippen LogP contribution in [0.5, 0.6) is 0 Å². The van der Waals surface area contributed by atoms with Gasteiger partial charge in [0, 0.05) is 5.39 Å². The van der Waals surface area contributed by atoms with Gasteiger partial charge in [0.2, 0.25) is 5.49 Å². The third-order valence-electron chi connectivity index (χ3n) is 1.63. The summed E-state index contributed by atoms with van der Waals surface area (Å²) in [6.07, 6.45) is 0. The summed E-state index contributed by atoms with van der Waals surface area (Å²) in [7, 11) is 0. The fraction of sp³-hybridized carbons (Fsp3) is 0. The second kappa shape index (κ2) is 2.98. The molecule has 0 fully saturated rings. The Balaban J connectivity index is 2.94. The van der Waals surface area contributed by atoms with E-state index in [9.17, 15) is 10.1 Å². The fourth-order valence-corrected chi connectivity index (χ4v) is 1.91. The predicted octanol–water partition coefficient (Wildman–Crippen LogP) is 1.52. The molecule has 1 aromatic carbocycles. The van der Waals surface area contributed by atoms with Crippen LogP contribution in [0.4, 0.5) is 0 Å². The monoisotopic (exact) mass is 195 g/mol. The van der Waals surface area contributed by atoms with Crippen LogP contribution in [0.1, 0.15) is 0 Å². The Hall–Kier alpha value is -1.69. The van der Waals surface area contributed by atoms with Crippen LogP contribution >= 0.6 is 11.5 Å². The van der Waals surface area contributed by atoms with Crippen LogP contribution in [-0.4, -0.2) is 9.33 Å². The van der Waals surface area contributed by atoms with E-state index >= 15 is 0 Å². The molecule has 0 bridgehead atoms. The standard InChI is InChI=1S/C7H5N3O2S/c11-9-8-7-5-3-1-2-4-6(5)13-10(7)12/h1-4,12H. The zero-order valence-corrected chi connectivity index (χ0v) is 7.23. The zero-order valence-electron chi connectivity index (χ0n) is 6.41. The maximum absolute atomic E-state index is 9.93. The molecule has 0 amide bonds. The van der Waals surface area contributed by atoms with E-state index in [2.05, 4.69) is 10.4 Å². The molecule has 6 heteroatoms. The number of rotatable bonds is 1. The number of aromatic nitrogens is 1. The molecule has 0 radical (unpaired) electrons. The molecule has 2 aromatic rings. The lowest BCUT2D eigenvalue weighted by molar-refractivity contribution is 0.207. The lowest BCUT2D eigenvalue weighted by Crippen LogP contribution is -2.11. The highest BCUT2D eigenvalue weighted by Gasteiger charge is 2.02. The van der Waals surface area contributed by atoms with Crippen LogP contribution in [0, 0.1) is 4.91 Å². The first-order chi connectivity index (χ1) is 6.33. The number of hydrogen-bond donors (Lipinski definition) is 1. The molecule has 0 unspecified atom stereocenters. The highest BCUT2D eigenvalue weighted by Crippen LogP contribution is 2.14. The Morgan fingerprint density at radius 3 is 2.92 bits per heavy atom. The summed E-state index contributed by atoms with van der Waals surface area (Å²) in [5.41, 5.74) is 0.176. The lowest BCUT2D eigenvalue weighted by atomic mass is 10.3. The van der Waals surface area contributed by atoms with Gasteiger partial charge < -0.3 is 5.21 Å². The minimum absolute atomic E-state index is 0.176. The topological polar surface area (TPSA) is 67.0 Å². The predicted molar refractivity (Wildman–Crippen MR) is 48.4 cm³/mol. The molecule has 0 saturated carbocycles. The molecule has 0 atom stereocenters. The van der Waals surface area contributed by atoms with Gasteiger partial charge in [-0.05, 0) is 23.7 Å². The van der Waals surface area contributed by atoms with Crippen LogP contribution in [0.2, 0.25) is 0 Å². The van der Waals surface area contributed by atoms with Crippen molar-refractivity contribution in [3.05, 3.63) is 34.7 Å². The summed E-state index contributed by atoms with van der Waals surface area (Å²) >= 11 is 1.10. The highest BCUT2D eigenvalue weighted by molar-refractivity contribution is 7.13. The van der Waals surface area contributed by atoms with Gasteiger partial charge in [0.25, 0.3) is 0 Å². The Kier molecular flexibility index (Phi) is 1.82. The molecule has 2 rings (SSSR count). The second-order valence-corrected chi connectivity index (χ2v) is 3.33. The van der Waals surface area contributed by atoms with Crippen molar-refractivity contribution in [2.24, 2.45) is 10.4 Å². The van der Waals surface area contributed by atoms with Gasteiger partial charge in [0.15, 0.2) is 0 Å². The van der Waals surface area contributed by atoms with Crippen LogP contribution in [0.3, 0.4) is 0 Å². The smallest absolute Gasteiger partial charge is 0.214 e. The largest absolute Gasteiger partial charge is 0.417 e. The highest BCUT2D eigenvalue weighted by atomic mass is 32.1. The SMILES string of the molecule is O=NN=c1c2ccccc2sn1O. The molecular weight excluding hydrogens is 190 g/mol. The summed E-state index contributed by atoms with van der Waals surface area (Å²) in [6.45, 7) is 0. The van der Waals surface area contributed by atoms with Crippen molar-refractivity contribution in [3.63, 3.8) is 0 Å². The van der Waals surface area contributed by atoms with Gasteiger partial charge in [-0.1, -0.05) is 17.2 Å². The van der Waals surface area contributed by atoms with E-state index in [4.69, 9.17) is 0 Å². The summed E-state index contributed by atoms with van der Waals surface area (Å²) in [6, 6.07) is 7.24. The molecule has 66 valence electrons. The van der Waals surface area contributed by atoms with Crippen molar-refractivity contribution >= 4 is 21.6 Å². The minimum atomic E-state index is 0.176. The molecule has 1 heterocycles. The number of hydrogen-bond acceptors (Lipinski definition) is 4. The molecular formula is C7H5N3O2S. The normalized spacial score (nSPS) is 12.2. The minimum Gasteiger partial charge on any atom is -0.417 e. The molecule has 5 nitrogen and oxygen atoms in total. The van der Waals surface area contributed by atoms with Gasteiger partial charge in [0.05, 0.1) is 9.99 Å². The number of nitrogens with zero attached hydrogens (tertiary/aromatic N) is 3. The third kappa shape index (κ3) is 1.20. The number of benzene rings is 1. The van der Waals surface area contributed by atoms with Gasteiger partial charge >= 0.3 is 0 Å².